The molecule has 146 valence electrons. The number of carbonyl (C=O) groups is 2. The first-order valence-electron chi connectivity index (χ1n) is 7.52. The molecule has 0 aliphatic rings. The van der Waals surface area contributed by atoms with Crippen molar-refractivity contribution in [3.8, 4) is 0 Å². The van der Waals surface area contributed by atoms with Crippen molar-refractivity contribution in [3.63, 3.8) is 0 Å². The molecule has 1 unspecified atom stereocenters. The first kappa shape index (κ1) is 21.9. The van der Waals surface area contributed by atoms with Crippen LogP contribution in [0.15, 0.2) is 29.2 Å². The highest BCUT2D eigenvalue weighted by Crippen LogP contribution is 2.30. The number of hydrogen-bond acceptors (Lipinski definition) is 4. The Kier molecular flexibility index (Phi) is 7.16. The number of rotatable bonds is 8. The van der Waals surface area contributed by atoms with Crippen LogP contribution in [0.2, 0.25) is 0 Å². The van der Waals surface area contributed by atoms with Gasteiger partial charge in [-0.3, -0.25) is 4.79 Å². The van der Waals surface area contributed by atoms with E-state index in [9.17, 15) is 31.2 Å². The van der Waals surface area contributed by atoms with E-state index in [-0.39, 0.29) is 12.3 Å². The van der Waals surface area contributed by atoms with Gasteiger partial charge in [0.05, 0.1) is 17.0 Å². The molecule has 0 fully saturated rings. The Labute approximate surface area is 148 Å². The first-order chi connectivity index (χ1) is 11.8. The van der Waals surface area contributed by atoms with Crippen LogP contribution in [-0.2, 0) is 25.8 Å². The predicted octanol–water partition coefficient (Wildman–Crippen LogP) is 1.60. The molecule has 0 saturated carbocycles. The minimum atomic E-state index is -4.71. The van der Waals surface area contributed by atoms with E-state index in [0.717, 1.165) is 18.2 Å². The number of carboxylic acids is 1. The average Bonchev–Trinajstić information content (AvgIpc) is 2.51. The fourth-order valence-electron chi connectivity index (χ4n) is 2.02. The summed E-state index contributed by atoms with van der Waals surface area (Å²) in [5.74, 6) is -2.21. The van der Waals surface area contributed by atoms with Crippen LogP contribution in [-0.4, -0.2) is 38.0 Å². The maximum absolute atomic E-state index is 12.7. The van der Waals surface area contributed by atoms with Gasteiger partial charge in [0.1, 0.15) is 6.04 Å². The molecular weight excluding hydrogens is 377 g/mol. The standard InChI is InChI=1S/C15H19F3N2O5S/c1-9(2)6-12(14(22)23)20-13(21)8-19-26(24,25)11-5-3-4-10(7-11)15(16,17)18/h3-5,7,9,12,19H,6,8H2,1-2H3,(H,20,21)(H,22,23). The number of benzene rings is 1. The Morgan fingerprint density at radius 3 is 2.35 bits per heavy atom. The highest BCUT2D eigenvalue weighted by Gasteiger charge is 2.31. The summed E-state index contributed by atoms with van der Waals surface area (Å²) in [6.07, 6.45) is -4.57. The lowest BCUT2D eigenvalue weighted by Gasteiger charge is -2.16. The number of aliphatic carboxylic acids is 1. The number of amides is 1. The van der Waals surface area contributed by atoms with Gasteiger partial charge in [0.2, 0.25) is 15.9 Å². The second-order valence-electron chi connectivity index (χ2n) is 5.94. The summed E-state index contributed by atoms with van der Waals surface area (Å²) < 4.78 is 63.9. The van der Waals surface area contributed by atoms with Gasteiger partial charge < -0.3 is 10.4 Å². The molecule has 11 heteroatoms. The summed E-state index contributed by atoms with van der Waals surface area (Å²) in [7, 11) is -4.38. The van der Waals surface area contributed by atoms with Crippen molar-refractivity contribution in [3.05, 3.63) is 29.8 Å². The number of carbonyl (C=O) groups excluding carboxylic acids is 1. The lowest BCUT2D eigenvalue weighted by molar-refractivity contribution is -0.142. The monoisotopic (exact) mass is 396 g/mol. The predicted molar refractivity (Wildman–Crippen MR) is 85.7 cm³/mol. The van der Waals surface area contributed by atoms with Crippen molar-refractivity contribution in [2.45, 2.75) is 37.4 Å². The van der Waals surface area contributed by atoms with Crippen molar-refractivity contribution >= 4 is 21.9 Å². The van der Waals surface area contributed by atoms with E-state index < -0.39 is 51.1 Å². The zero-order chi connectivity index (χ0) is 20.1. The van der Waals surface area contributed by atoms with Gasteiger partial charge in [-0.15, -0.1) is 0 Å². The summed E-state index contributed by atoms with van der Waals surface area (Å²) in [6.45, 7) is 2.69. The Bertz CT molecular complexity index is 763. The van der Waals surface area contributed by atoms with Gasteiger partial charge in [0.15, 0.2) is 0 Å². The normalized spacial score (nSPS) is 13.5. The summed E-state index contributed by atoms with van der Waals surface area (Å²) >= 11 is 0. The molecule has 0 radical (unpaired) electrons. The molecule has 0 heterocycles. The van der Waals surface area contributed by atoms with Crippen LogP contribution >= 0.6 is 0 Å². The SMILES string of the molecule is CC(C)CC(NC(=O)CNS(=O)(=O)c1cccc(C(F)(F)F)c1)C(=O)O. The number of hydrogen-bond donors (Lipinski definition) is 3. The van der Waals surface area contributed by atoms with E-state index in [2.05, 4.69) is 5.32 Å². The Morgan fingerprint density at radius 2 is 1.85 bits per heavy atom. The summed E-state index contributed by atoms with van der Waals surface area (Å²) in [5, 5.41) is 11.2. The molecule has 1 rings (SSSR count). The third kappa shape index (κ3) is 6.64. The Hall–Kier alpha value is -2.14. The van der Waals surface area contributed by atoms with Crippen molar-refractivity contribution in [2.75, 3.05) is 6.54 Å². The van der Waals surface area contributed by atoms with E-state index in [0.29, 0.717) is 6.07 Å². The largest absolute Gasteiger partial charge is 0.480 e. The molecule has 0 bridgehead atoms. The smallest absolute Gasteiger partial charge is 0.416 e. The van der Waals surface area contributed by atoms with Crippen LogP contribution in [0.3, 0.4) is 0 Å². The van der Waals surface area contributed by atoms with Gasteiger partial charge in [-0.05, 0) is 30.5 Å². The molecule has 0 saturated heterocycles. The highest BCUT2D eigenvalue weighted by atomic mass is 32.2. The fraction of sp³-hybridized carbons (Fsp3) is 0.467. The van der Waals surface area contributed by atoms with Gasteiger partial charge >= 0.3 is 12.1 Å². The van der Waals surface area contributed by atoms with Crippen LogP contribution in [0.1, 0.15) is 25.8 Å². The number of nitrogens with one attached hydrogen (secondary N) is 2. The van der Waals surface area contributed by atoms with Gasteiger partial charge in [-0.25, -0.2) is 17.9 Å². The van der Waals surface area contributed by atoms with Crippen molar-refractivity contribution < 1.29 is 36.3 Å². The van der Waals surface area contributed by atoms with E-state index in [1.54, 1.807) is 13.8 Å². The maximum atomic E-state index is 12.7. The molecule has 0 aromatic heterocycles. The van der Waals surface area contributed by atoms with E-state index >= 15 is 0 Å². The van der Waals surface area contributed by atoms with Gasteiger partial charge in [0, 0.05) is 0 Å². The topological polar surface area (TPSA) is 113 Å². The van der Waals surface area contributed by atoms with Gasteiger partial charge in [-0.2, -0.15) is 13.2 Å². The van der Waals surface area contributed by atoms with Crippen molar-refractivity contribution in [1.29, 1.82) is 0 Å². The molecule has 3 N–H and O–H groups in total. The molecule has 1 atom stereocenters. The maximum Gasteiger partial charge on any atom is 0.416 e. The molecule has 0 spiro atoms. The molecule has 0 aliphatic heterocycles. The van der Waals surface area contributed by atoms with E-state index in [1.165, 1.54) is 0 Å². The van der Waals surface area contributed by atoms with E-state index in [4.69, 9.17) is 5.11 Å². The summed E-state index contributed by atoms with van der Waals surface area (Å²) in [4.78, 5) is 22.2. The second-order valence-corrected chi connectivity index (χ2v) is 7.70. The van der Waals surface area contributed by atoms with E-state index in [1.807, 2.05) is 4.72 Å². The zero-order valence-electron chi connectivity index (χ0n) is 14.0. The van der Waals surface area contributed by atoms with Crippen LogP contribution in [0.4, 0.5) is 13.2 Å². The molecule has 26 heavy (non-hydrogen) atoms. The molecule has 1 amide bonds. The lowest BCUT2D eigenvalue weighted by atomic mass is 10.0. The number of carboxylic acid groups (broad SMARTS) is 1. The second kappa shape index (κ2) is 8.49. The number of halogens is 3. The van der Waals surface area contributed by atoms with Crippen LogP contribution < -0.4 is 10.0 Å². The van der Waals surface area contributed by atoms with Crippen molar-refractivity contribution in [1.82, 2.24) is 10.0 Å². The molecule has 7 nitrogen and oxygen atoms in total. The molecule has 0 aliphatic carbocycles. The zero-order valence-corrected chi connectivity index (χ0v) is 14.8. The van der Waals surface area contributed by atoms with Crippen LogP contribution in [0, 0.1) is 5.92 Å². The number of alkyl halides is 3. The minimum absolute atomic E-state index is 0.0294. The fourth-order valence-corrected chi connectivity index (χ4v) is 3.05. The van der Waals surface area contributed by atoms with Gasteiger partial charge in [0.25, 0.3) is 0 Å². The highest BCUT2D eigenvalue weighted by molar-refractivity contribution is 7.89. The van der Waals surface area contributed by atoms with Crippen LogP contribution in [0.5, 0.6) is 0 Å². The average molecular weight is 396 g/mol. The van der Waals surface area contributed by atoms with Crippen molar-refractivity contribution in [2.24, 2.45) is 5.92 Å². The quantitative estimate of drug-likeness (QED) is 0.618. The molecular formula is C15H19F3N2O5S. The summed E-state index contributed by atoms with van der Waals surface area (Å²) in [5.41, 5.74) is -1.15. The minimum Gasteiger partial charge on any atom is -0.480 e. The third-order valence-corrected chi connectivity index (χ3v) is 4.63. The third-order valence-electron chi connectivity index (χ3n) is 3.23. The number of sulfonamides is 1. The summed E-state index contributed by atoms with van der Waals surface area (Å²) in [6, 6.07) is 1.85. The van der Waals surface area contributed by atoms with Gasteiger partial charge in [-0.1, -0.05) is 19.9 Å². The molecule has 1 aromatic carbocycles. The lowest BCUT2D eigenvalue weighted by Crippen LogP contribution is -2.46. The van der Waals surface area contributed by atoms with Crippen LogP contribution in [0.25, 0.3) is 0 Å². The Morgan fingerprint density at radius 1 is 1.23 bits per heavy atom. The Balaban J connectivity index is 2.79. The first-order valence-corrected chi connectivity index (χ1v) is 9.00. The molecule has 1 aromatic rings.